The third-order valence-electron chi connectivity index (χ3n) is 10.0. The molecule has 5 heterocycles. The second kappa shape index (κ2) is 14.1. The first-order chi connectivity index (χ1) is 24.1. The van der Waals surface area contributed by atoms with E-state index < -0.39 is 10.0 Å². The lowest BCUT2D eigenvalue weighted by Crippen LogP contribution is -2.53. The predicted octanol–water partition coefficient (Wildman–Crippen LogP) is 4.67. The van der Waals surface area contributed by atoms with Crippen molar-refractivity contribution in [2.75, 3.05) is 38.5 Å². The van der Waals surface area contributed by atoms with Gasteiger partial charge in [0.05, 0.1) is 41.6 Å². The normalized spacial score (nSPS) is 18.7. The van der Waals surface area contributed by atoms with Crippen molar-refractivity contribution in [2.24, 2.45) is 13.0 Å². The molecular formula is C37H43N5O7S. The van der Waals surface area contributed by atoms with Crippen LogP contribution in [-0.2, 0) is 23.6 Å². The Morgan fingerprint density at radius 1 is 0.940 bits per heavy atom. The summed E-state index contributed by atoms with van der Waals surface area (Å²) in [7, 11) is -1.72. The molecule has 50 heavy (non-hydrogen) atoms. The van der Waals surface area contributed by atoms with Gasteiger partial charge in [-0.25, -0.2) is 8.42 Å². The zero-order valence-electron chi connectivity index (χ0n) is 28.5. The number of sulfonamides is 1. The van der Waals surface area contributed by atoms with E-state index in [2.05, 4.69) is 9.88 Å². The Balaban J connectivity index is 0.925. The zero-order chi connectivity index (χ0) is 35.0. The number of pyridine rings is 2. The Morgan fingerprint density at radius 3 is 2.40 bits per heavy atom. The van der Waals surface area contributed by atoms with Crippen molar-refractivity contribution >= 4 is 32.8 Å². The van der Waals surface area contributed by atoms with Crippen molar-refractivity contribution in [1.82, 2.24) is 23.7 Å². The first-order valence-electron chi connectivity index (χ1n) is 17.5. The van der Waals surface area contributed by atoms with Crippen LogP contribution >= 0.6 is 0 Å². The number of piperazine rings is 1. The van der Waals surface area contributed by atoms with Crippen LogP contribution in [0.2, 0.25) is 0 Å². The maximum atomic E-state index is 13.3. The van der Waals surface area contributed by atoms with Gasteiger partial charge in [-0.3, -0.25) is 29.2 Å². The molecule has 1 saturated heterocycles. The maximum Gasteiger partial charge on any atom is 0.261 e. The molecule has 13 heteroatoms. The summed E-state index contributed by atoms with van der Waals surface area (Å²) in [6.45, 7) is 4.70. The first-order valence-corrected chi connectivity index (χ1v) is 19.1. The van der Waals surface area contributed by atoms with Crippen LogP contribution in [0.5, 0.6) is 5.75 Å². The molecule has 1 atom stereocenters. The molecule has 1 aromatic carbocycles. The highest BCUT2D eigenvalue weighted by molar-refractivity contribution is 7.89. The second-order valence-electron chi connectivity index (χ2n) is 13.8. The summed E-state index contributed by atoms with van der Waals surface area (Å²) in [4.78, 5) is 46.0. The number of carbonyl (C=O) groups excluding carboxylic acids is 2. The van der Waals surface area contributed by atoms with Gasteiger partial charge in [0.1, 0.15) is 17.1 Å². The lowest BCUT2D eigenvalue weighted by molar-refractivity contribution is 0.0651. The molecule has 2 amide bonds. The van der Waals surface area contributed by atoms with Crippen LogP contribution in [-0.4, -0.2) is 88.5 Å². The number of benzene rings is 1. The topological polar surface area (TPSA) is 135 Å². The minimum absolute atomic E-state index is 0.0590. The molecule has 0 unspecified atom stereocenters. The van der Waals surface area contributed by atoms with Gasteiger partial charge in [-0.2, -0.15) is 4.31 Å². The number of nitrogens with zero attached hydrogens (tertiary/aromatic N) is 5. The van der Waals surface area contributed by atoms with Gasteiger partial charge in [-0.05, 0) is 62.8 Å². The lowest BCUT2D eigenvalue weighted by Gasteiger charge is -2.38. The van der Waals surface area contributed by atoms with Crippen LogP contribution in [0.25, 0.3) is 22.1 Å². The molecular weight excluding hydrogens is 659 g/mol. The number of hydrogen-bond acceptors (Lipinski definition) is 9. The number of amides is 2. The number of carbonyl (C=O) groups is 2. The molecule has 264 valence electrons. The van der Waals surface area contributed by atoms with E-state index in [9.17, 15) is 22.8 Å². The van der Waals surface area contributed by atoms with E-state index in [4.69, 9.17) is 9.15 Å². The van der Waals surface area contributed by atoms with Crippen molar-refractivity contribution in [3.05, 3.63) is 82.2 Å². The first kappa shape index (κ1) is 34.1. The second-order valence-corrected chi connectivity index (χ2v) is 15.8. The van der Waals surface area contributed by atoms with Gasteiger partial charge in [-0.15, -0.1) is 0 Å². The minimum atomic E-state index is -3.44. The third-order valence-corrected chi connectivity index (χ3v) is 12.0. The summed E-state index contributed by atoms with van der Waals surface area (Å²) in [6, 6.07) is 10.5. The SMILES string of the molecule is C[C@@H]1CN(S(=O)(=O)CCCCCCN2C(=O)c3ccccc3C2=O)CCN1Cc1cc2c(=O)n(C)cc(-c3ccncc3OCC3CC3)c2o1. The van der Waals surface area contributed by atoms with Crippen LogP contribution in [0.15, 0.2) is 64.2 Å². The van der Waals surface area contributed by atoms with Crippen LogP contribution in [0.3, 0.4) is 0 Å². The Kier molecular flexibility index (Phi) is 9.64. The molecule has 0 bridgehead atoms. The fourth-order valence-electron chi connectivity index (χ4n) is 6.91. The zero-order valence-corrected chi connectivity index (χ0v) is 29.4. The number of ether oxygens (including phenoxy) is 1. The summed E-state index contributed by atoms with van der Waals surface area (Å²) in [5.41, 5.74) is 2.81. The Bertz CT molecular complexity index is 2050. The van der Waals surface area contributed by atoms with Gasteiger partial charge >= 0.3 is 0 Å². The molecule has 3 aliphatic rings. The molecule has 4 aromatic rings. The monoisotopic (exact) mass is 701 g/mol. The van der Waals surface area contributed by atoms with E-state index >= 15 is 0 Å². The van der Waals surface area contributed by atoms with Gasteiger partial charge in [0.15, 0.2) is 0 Å². The number of hydrogen-bond donors (Lipinski definition) is 0. The van der Waals surface area contributed by atoms with Gasteiger partial charge in [-0.1, -0.05) is 25.0 Å². The van der Waals surface area contributed by atoms with Crippen molar-refractivity contribution in [3.8, 4) is 16.9 Å². The molecule has 0 N–H and O–H groups in total. The number of unbranched alkanes of at least 4 members (excludes halogenated alkanes) is 3. The van der Waals surface area contributed by atoms with Gasteiger partial charge in [0.25, 0.3) is 17.4 Å². The number of aryl methyl sites for hydroxylation is 1. The van der Waals surface area contributed by atoms with E-state index in [0.29, 0.717) is 98.1 Å². The molecule has 1 aliphatic carbocycles. The van der Waals surface area contributed by atoms with Crippen LogP contribution in [0.1, 0.15) is 71.9 Å². The maximum absolute atomic E-state index is 13.3. The predicted molar refractivity (Wildman–Crippen MR) is 188 cm³/mol. The highest BCUT2D eigenvalue weighted by Crippen LogP contribution is 2.37. The molecule has 12 nitrogen and oxygen atoms in total. The van der Waals surface area contributed by atoms with Crippen molar-refractivity contribution in [3.63, 3.8) is 0 Å². The van der Waals surface area contributed by atoms with Crippen LogP contribution in [0.4, 0.5) is 0 Å². The number of furan rings is 1. The molecule has 0 spiro atoms. The number of rotatable bonds is 14. The number of imide groups is 1. The standard InChI is InChI=1S/C37H43N5O7S/c1-25-21-41(50(46,47)18-8-4-3-7-15-42-36(44)29-9-5-6-10-30(29)37(42)45)17-16-40(25)22-27-19-31-34(49-27)32(23-39(2)35(31)43)28-13-14-38-20-33(28)48-24-26-11-12-26/h5-6,9-10,13-14,19-20,23,25-26H,3-4,7-8,11-12,15-18,21-22,24H2,1-2H3/t25-/m1/s1. The Morgan fingerprint density at radius 2 is 1.68 bits per heavy atom. The Hall–Kier alpha value is -4.33. The average molecular weight is 702 g/mol. The fourth-order valence-corrected chi connectivity index (χ4v) is 8.54. The van der Waals surface area contributed by atoms with Gasteiger partial charge in [0.2, 0.25) is 10.0 Å². The summed E-state index contributed by atoms with van der Waals surface area (Å²) in [6.07, 6.45) is 10.1. The number of fused-ring (bicyclic) bond motifs is 2. The van der Waals surface area contributed by atoms with Crippen molar-refractivity contribution in [1.29, 1.82) is 0 Å². The summed E-state index contributed by atoms with van der Waals surface area (Å²) >= 11 is 0. The highest BCUT2D eigenvalue weighted by atomic mass is 32.2. The van der Waals surface area contributed by atoms with Gasteiger partial charge < -0.3 is 13.7 Å². The molecule has 1 saturated carbocycles. The summed E-state index contributed by atoms with van der Waals surface area (Å²) < 4.78 is 42.1. The smallest absolute Gasteiger partial charge is 0.261 e. The van der Waals surface area contributed by atoms with E-state index in [0.717, 1.165) is 17.5 Å². The highest BCUT2D eigenvalue weighted by Gasteiger charge is 2.35. The van der Waals surface area contributed by atoms with Crippen molar-refractivity contribution in [2.45, 2.75) is 58.0 Å². The Labute approximate surface area is 291 Å². The van der Waals surface area contributed by atoms with Gasteiger partial charge in [0, 0.05) is 62.8 Å². The molecule has 7 rings (SSSR count). The van der Waals surface area contributed by atoms with Crippen molar-refractivity contribution < 1.29 is 27.2 Å². The average Bonchev–Trinajstić information content (AvgIpc) is 3.80. The van der Waals surface area contributed by atoms with E-state index in [1.165, 1.54) is 17.7 Å². The molecule has 2 aliphatic heterocycles. The van der Waals surface area contributed by atoms with E-state index in [1.807, 2.05) is 13.0 Å². The molecule has 3 aromatic heterocycles. The lowest BCUT2D eigenvalue weighted by atomic mass is 10.1. The summed E-state index contributed by atoms with van der Waals surface area (Å²) in [5.74, 6) is 1.41. The van der Waals surface area contributed by atoms with E-state index in [-0.39, 0.29) is 29.2 Å². The summed E-state index contributed by atoms with van der Waals surface area (Å²) in [5, 5.41) is 0.488. The fraction of sp³-hybridized carbons (Fsp3) is 0.459. The van der Waals surface area contributed by atoms with Crippen LogP contribution in [0, 0.1) is 5.92 Å². The quantitative estimate of drug-likeness (QED) is 0.136. The molecule has 2 fully saturated rings. The third kappa shape index (κ3) is 6.99. The largest absolute Gasteiger partial charge is 0.491 e. The van der Waals surface area contributed by atoms with E-state index in [1.54, 1.807) is 64.8 Å². The number of aromatic nitrogens is 2. The molecule has 0 radical (unpaired) electrons. The minimum Gasteiger partial charge on any atom is -0.491 e. The van der Waals surface area contributed by atoms with Crippen LogP contribution < -0.4 is 10.3 Å².